The van der Waals surface area contributed by atoms with Crippen molar-refractivity contribution >= 4 is 46.9 Å². The highest BCUT2D eigenvalue weighted by Gasteiger charge is 2.36. The number of hydrogen-bond donors (Lipinski definition) is 2. The number of hydrogen-bond acceptors (Lipinski definition) is 5. The van der Waals surface area contributed by atoms with Gasteiger partial charge in [-0.2, -0.15) is 0 Å². The Kier molecular flexibility index (Phi) is 7.71. The van der Waals surface area contributed by atoms with Gasteiger partial charge in [0.1, 0.15) is 0 Å². The van der Waals surface area contributed by atoms with E-state index in [0.29, 0.717) is 5.02 Å². The number of rotatable bonds is 7. The Morgan fingerprint density at radius 1 is 1.12 bits per heavy atom. The van der Waals surface area contributed by atoms with E-state index in [1.807, 2.05) is 37.3 Å². The van der Waals surface area contributed by atoms with Gasteiger partial charge in [-0.1, -0.05) is 53.5 Å². The molecule has 0 saturated carbocycles. The van der Waals surface area contributed by atoms with Crippen molar-refractivity contribution in [3.05, 3.63) is 69.7 Å². The molecule has 8 nitrogen and oxygen atoms in total. The summed E-state index contributed by atoms with van der Waals surface area (Å²) < 4.78 is 5.07. The third-order valence-electron chi connectivity index (χ3n) is 4.90. The third kappa shape index (κ3) is 5.99. The summed E-state index contributed by atoms with van der Waals surface area (Å²) in [5, 5.41) is 4.29. The van der Waals surface area contributed by atoms with E-state index in [4.69, 9.17) is 27.9 Å². The molecule has 0 bridgehead atoms. The van der Waals surface area contributed by atoms with E-state index < -0.39 is 36.2 Å². The predicted molar refractivity (Wildman–Crippen MR) is 118 cm³/mol. The van der Waals surface area contributed by atoms with E-state index in [-0.39, 0.29) is 29.6 Å². The zero-order chi connectivity index (χ0) is 23.3. The lowest BCUT2D eigenvalue weighted by atomic mass is 10.1. The van der Waals surface area contributed by atoms with E-state index >= 15 is 0 Å². The Bertz CT molecular complexity index is 1030. The van der Waals surface area contributed by atoms with Crippen LogP contribution in [-0.4, -0.2) is 41.9 Å². The second-order valence-electron chi connectivity index (χ2n) is 7.28. The van der Waals surface area contributed by atoms with Gasteiger partial charge >= 0.3 is 5.97 Å². The molecule has 2 aromatic carbocycles. The minimum absolute atomic E-state index is 0.0627. The van der Waals surface area contributed by atoms with Gasteiger partial charge in [0.2, 0.25) is 5.91 Å². The summed E-state index contributed by atoms with van der Waals surface area (Å²) in [5.74, 6) is -2.95. The summed E-state index contributed by atoms with van der Waals surface area (Å²) in [6.45, 7) is 1.29. The number of ether oxygens (including phenoxy) is 1. The number of nitrogens with one attached hydrogen (secondary N) is 2. The van der Waals surface area contributed by atoms with Gasteiger partial charge in [-0.3, -0.25) is 29.6 Å². The maximum atomic E-state index is 12.3. The van der Waals surface area contributed by atoms with Crippen LogP contribution < -0.4 is 10.7 Å². The normalized spacial score (nSPS) is 16.4. The largest absolute Gasteiger partial charge is 0.455 e. The average molecular weight is 478 g/mol. The molecule has 0 aliphatic carbocycles. The summed E-state index contributed by atoms with van der Waals surface area (Å²) in [6.07, 6.45) is -0.136. The van der Waals surface area contributed by atoms with Gasteiger partial charge in [-0.15, -0.1) is 0 Å². The second kappa shape index (κ2) is 10.5. The standard InChI is InChI=1S/C22H21Cl2N3O5/c1-13(14-5-3-2-4-6-14)25-19(28)12-32-22(31)16-10-20(29)27(11-16)26-21(30)15-7-8-17(23)18(24)9-15/h2-9,13,16H,10-12H2,1H3,(H,25,28)(H,26,30)/t13-,16+/m1/s1. The minimum atomic E-state index is -0.795. The quantitative estimate of drug-likeness (QED) is 0.596. The monoisotopic (exact) mass is 477 g/mol. The number of amides is 3. The van der Waals surface area contributed by atoms with Crippen molar-refractivity contribution in [2.45, 2.75) is 19.4 Å². The molecule has 2 N–H and O–H groups in total. The molecule has 32 heavy (non-hydrogen) atoms. The Balaban J connectivity index is 1.47. The number of carbonyl (C=O) groups is 4. The average Bonchev–Trinajstić information content (AvgIpc) is 3.14. The van der Waals surface area contributed by atoms with E-state index in [9.17, 15) is 19.2 Å². The van der Waals surface area contributed by atoms with Gasteiger partial charge in [0.05, 0.1) is 28.5 Å². The molecule has 0 spiro atoms. The first-order valence-electron chi connectivity index (χ1n) is 9.82. The molecule has 2 aromatic rings. The molecular formula is C22H21Cl2N3O5. The second-order valence-corrected chi connectivity index (χ2v) is 8.10. The molecule has 3 amide bonds. The van der Waals surface area contributed by atoms with E-state index in [1.165, 1.54) is 18.2 Å². The van der Waals surface area contributed by atoms with Crippen molar-refractivity contribution < 1.29 is 23.9 Å². The van der Waals surface area contributed by atoms with Crippen LogP contribution in [0.15, 0.2) is 48.5 Å². The third-order valence-corrected chi connectivity index (χ3v) is 5.64. The fourth-order valence-electron chi connectivity index (χ4n) is 3.16. The topological polar surface area (TPSA) is 105 Å². The van der Waals surface area contributed by atoms with E-state index in [1.54, 1.807) is 0 Å². The molecule has 0 radical (unpaired) electrons. The maximum absolute atomic E-state index is 12.3. The molecule has 10 heteroatoms. The van der Waals surface area contributed by atoms with Crippen LogP contribution in [0.2, 0.25) is 10.0 Å². The first-order valence-corrected chi connectivity index (χ1v) is 10.6. The van der Waals surface area contributed by atoms with Gasteiger partial charge < -0.3 is 10.1 Å². The summed E-state index contributed by atoms with van der Waals surface area (Å²) in [7, 11) is 0. The van der Waals surface area contributed by atoms with Crippen molar-refractivity contribution in [3.8, 4) is 0 Å². The molecule has 3 rings (SSSR count). The van der Waals surface area contributed by atoms with Crippen molar-refractivity contribution in [3.63, 3.8) is 0 Å². The van der Waals surface area contributed by atoms with Crippen LogP contribution in [0.4, 0.5) is 0 Å². The van der Waals surface area contributed by atoms with Crippen molar-refractivity contribution in [2.75, 3.05) is 13.2 Å². The number of benzene rings is 2. The lowest BCUT2D eigenvalue weighted by Crippen LogP contribution is -2.43. The smallest absolute Gasteiger partial charge is 0.311 e. The van der Waals surface area contributed by atoms with Crippen LogP contribution in [0.25, 0.3) is 0 Å². The highest BCUT2D eigenvalue weighted by molar-refractivity contribution is 6.42. The number of hydrazine groups is 1. The van der Waals surface area contributed by atoms with E-state index in [0.717, 1.165) is 10.6 Å². The molecule has 1 aliphatic heterocycles. The SMILES string of the molecule is C[C@@H](NC(=O)COC(=O)[C@H]1CC(=O)N(NC(=O)c2ccc(Cl)c(Cl)c2)C1)c1ccccc1. The summed E-state index contributed by atoms with van der Waals surface area (Å²) >= 11 is 11.7. The van der Waals surface area contributed by atoms with Gasteiger partial charge in [0.25, 0.3) is 11.8 Å². The molecule has 1 fully saturated rings. The highest BCUT2D eigenvalue weighted by Crippen LogP contribution is 2.23. The molecular weight excluding hydrogens is 457 g/mol. The lowest BCUT2D eigenvalue weighted by molar-refractivity contribution is -0.152. The molecule has 0 aromatic heterocycles. The predicted octanol–water partition coefficient (Wildman–Crippen LogP) is 2.91. The van der Waals surface area contributed by atoms with Gasteiger partial charge in [0.15, 0.2) is 6.61 Å². The maximum Gasteiger partial charge on any atom is 0.311 e. The van der Waals surface area contributed by atoms with Crippen LogP contribution in [-0.2, 0) is 19.1 Å². The first kappa shape index (κ1) is 23.6. The van der Waals surface area contributed by atoms with Crippen molar-refractivity contribution in [1.29, 1.82) is 0 Å². The van der Waals surface area contributed by atoms with Crippen LogP contribution in [0.5, 0.6) is 0 Å². The van der Waals surface area contributed by atoms with Crippen LogP contribution in [0.3, 0.4) is 0 Å². The fraction of sp³-hybridized carbons (Fsp3) is 0.273. The molecule has 2 atom stereocenters. The Labute approximate surface area is 194 Å². The number of esters is 1. The minimum Gasteiger partial charge on any atom is -0.455 e. The zero-order valence-corrected chi connectivity index (χ0v) is 18.7. The van der Waals surface area contributed by atoms with Crippen molar-refractivity contribution in [2.24, 2.45) is 5.92 Å². The number of carbonyl (C=O) groups excluding carboxylic acids is 4. The van der Waals surface area contributed by atoms with Crippen molar-refractivity contribution in [1.82, 2.24) is 15.8 Å². The summed E-state index contributed by atoms with van der Waals surface area (Å²) in [6, 6.07) is 13.4. The zero-order valence-electron chi connectivity index (χ0n) is 17.1. The van der Waals surface area contributed by atoms with Gasteiger partial charge in [-0.05, 0) is 30.7 Å². The lowest BCUT2D eigenvalue weighted by Gasteiger charge is -2.18. The summed E-state index contributed by atoms with van der Waals surface area (Å²) in [5.41, 5.74) is 3.57. The summed E-state index contributed by atoms with van der Waals surface area (Å²) in [4.78, 5) is 48.9. The molecule has 0 unspecified atom stereocenters. The Hall–Kier alpha value is -3.10. The van der Waals surface area contributed by atoms with Crippen LogP contribution >= 0.6 is 23.2 Å². The fourth-order valence-corrected chi connectivity index (χ4v) is 3.46. The Morgan fingerprint density at radius 3 is 2.53 bits per heavy atom. The number of nitrogens with zero attached hydrogens (tertiary/aromatic N) is 1. The van der Waals surface area contributed by atoms with Crippen LogP contribution in [0.1, 0.15) is 35.3 Å². The van der Waals surface area contributed by atoms with Crippen LogP contribution in [0, 0.1) is 5.92 Å². The molecule has 168 valence electrons. The molecule has 1 saturated heterocycles. The first-order chi connectivity index (χ1) is 15.2. The molecule has 1 aliphatic rings. The Morgan fingerprint density at radius 2 is 1.84 bits per heavy atom. The molecule has 1 heterocycles. The van der Waals surface area contributed by atoms with E-state index in [2.05, 4.69) is 10.7 Å². The number of halogens is 2. The van der Waals surface area contributed by atoms with Gasteiger partial charge in [0, 0.05) is 12.0 Å². The highest BCUT2D eigenvalue weighted by atomic mass is 35.5. The van der Waals surface area contributed by atoms with Gasteiger partial charge in [-0.25, -0.2) is 0 Å².